The van der Waals surface area contributed by atoms with Crippen molar-refractivity contribution in [3.05, 3.63) is 34.9 Å². The molecule has 0 fully saturated rings. The van der Waals surface area contributed by atoms with Crippen LogP contribution in [0.25, 0.3) is 0 Å². The van der Waals surface area contributed by atoms with Crippen LogP contribution in [0.4, 0.5) is 0 Å². The number of benzene rings is 1. The molecule has 0 radical (unpaired) electrons. The second-order valence-corrected chi connectivity index (χ2v) is 4.05. The molecule has 0 aromatic heterocycles. The molecule has 0 amide bonds. The molecule has 78 valence electrons. The van der Waals surface area contributed by atoms with Crippen molar-refractivity contribution in [2.45, 2.75) is 46.1 Å². The molecule has 1 heteroatoms. The maximum Gasteiger partial charge on any atom is 0.0300 e. The van der Waals surface area contributed by atoms with E-state index in [1.54, 1.807) is 0 Å². The highest BCUT2D eigenvalue weighted by Crippen LogP contribution is 2.23. The van der Waals surface area contributed by atoms with Gasteiger partial charge in [-0.1, -0.05) is 38.0 Å². The number of unbranched alkanes of at least 4 members (excludes halogenated alkanes) is 1. The van der Waals surface area contributed by atoms with Gasteiger partial charge in [0.25, 0.3) is 0 Å². The molecule has 2 N–H and O–H groups in total. The highest BCUT2D eigenvalue weighted by atomic mass is 14.6. The Morgan fingerprint density at radius 3 is 2.29 bits per heavy atom. The van der Waals surface area contributed by atoms with Gasteiger partial charge in [0.1, 0.15) is 0 Å². The summed E-state index contributed by atoms with van der Waals surface area (Å²) >= 11 is 0. The van der Waals surface area contributed by atoms with Crippen LogP contribution in [0.3, 0.4) is 0 Å². The average molecular weight is 191 g/mol. The Morgan fingerprint density at radius 1 is 1.21 bits per heavy atom. The van der Waals surface area contributed by atoms with Gasteiger partial charge in [-0.25, -0.2) is 0 Å². The van der Waals surface area contributed by atoms with Crippen molar-refractivity contribution in [1.29, 1.82) is 0 Å². The van der Waals surface area contributed by atoms with Gasteiger partial charge in [0.2, 0.25) is 0 Å². The molecular weight excluding hydrogens is 170 g/mol. The van der Waals surface area contributed by atoms with Crippen molar-refractivity contribution in [2.24, 2.45) is 5.73 Å². The summed E-state index contributed by atoms with van der Waals surface area (Å²) in [6, 6.07) is 6.61. The number of rotatable bonds is 4. The van der Waals surface area contributed by atoms with E-state index in [0.717, 1.165) is 6.42 Å². The smallest absolute Gasteiger partial charge is 0.0300 e. The fourth-order valence-electron chi connectivity index (χ4n) is 1.98. The highest BCUT2D eigenvalue weighted by Gasteiger charge is 2.10. The maximum atomic E-state index is 6.18. The molecule has 0 saturated carbocycles. The van der Waals surface area contributed by atoms with Crippen molar-refractivity contribution in [3.8, 4) is 0 Å². The lowest BCUT2D eigenvalue weighted by atomic mass is 9.93. The number of nitrogens with two attached hydrogens (primary N) is 1. The minimum absolute atomic E-state index is 0.219. The first-order chi connectivity index (χ1) is 6.66. The third-order valence-corrected chi connectivity index (χ3v) is 2.78. The van der Waals surface area contributed by atoms with Gasteiger partial charge < -0.3 is 5.73 Å². The molecule has 14 heavy (non-hydrogen) atoms. The van der Waals surface area contributed by atoms with E-state index >= 15 is 0 Å². The van der Waals surface area contributed by atoms with Gasteiger partial charge in [0.05, 0.1) is 0 Å². The van der Waals surface area contributed by atoms with Crippen molar-refractivity contribution < 1.29 is 0 Å². The van der Waals surface area contributed by atoms with Crippen LogP contribution < -0.4 is 5.73 Å². The Hall–Kier alpha value is -0.820. The zero-order valence-electron chi connectivity index (χ0n) is 9.51. The predicted octanol–water partition coefficient (Wildman–Crippen LogP) is 3.49. The minimum Gasteiger partial charge on any atom is -0.324 e. The van der Waals surface area contributed by atoms with Gasteiger partial charge in [-0.2, -0.15) is 0 Å². The molecule has 0 heterocycles. The first-order valence-corrected chi connectivity index (χ1v) is 5.48. The van der Waals surface area contributed by atoms with Crippen LogP contribution in [0.1, 0.15) is 48.9 Å². The topological polar surface area (TPSA) is 26.0 Å². The first-order valence-electron chi connectivity index (χ1n) is 5.48. The van der Waals surface area contributed by atoms with E-state index < -0.39 is 0 Å². The third kappa shape index (κ3) is 2.58. The summed E-state index contributed by atoms with van der Waals surface area (Å²) in [5.74, 6) is 0. The molecule has 0 spiro atoms. The Labute approximate surface area is 87.3 Å². The summed E-state index contributed by atoms with van der Waals surface area (Å²) in [6.07, 6.45) is 3.54. The van der Waals surface area contributed by atoms with Crippen LogP contribution in [0.15, 0.2) is 18.2 Å². The first kappa shape index (κ1) is 11.3. The van der Waals surface area contributed by atoms with E-state index in [2.05, 4.69) is 39.0 Å². The van der Waals surface area contributed by atoms with Crippen molar-refractivity contribution >= 4 is 0 Å². The fraction of sp³-hybridized carbons (Fsp3) is 0.538. The molecule has 0 saturated heterocycles. The highest BCUT2D eigenvalue weighted by molar-refractivity contribution is 5.35. The van der Waals surface area contributed by atoms with Gasteiger partial charge in [0.15, 0.2) is 0 Å². The Bertz CT molecular complexity index is 271. The molecule has 1 aromatic carbocycles. The predicted molar refractivity (Wildman–Crippen MR) is 62.4 cm³/mol. The summed E-state index contributed by atoms with van der Waals surface area (Å²) in [5, 5.41) is 0. The normalized spacial score (nSPS) is 12.9. The fourth-order valence-corrected chi connectivity index (χ4v) is 1.98. The minimum atomic E-state index is 0.219. The standard InChI is InChI=1S/C13H21N/c1-4-5-9-12(14)13-10(2)7-6-8-11(13)3/h6-8,12H,4-5,9,14H2,1-3H3/t12-/m0/s1. The molecule has 0 bridgehead atoms. The lowest BCUT2D eigenvalue weighted by molar-refractivity contribution is 0.598. The van der Waals surface area contributed by atoms with Gasteiger partial charge in [-0.15, -0.1) is 0 Å². The summed E-state index contributed by atoms with van der Waals surface area (Å²) in [5.41, 5.74) is 10.2. The van der Waals surface area contributed by atoms with E-state index in [1.165, 1.54) is 29.5 Å². The molecule has 0 aliphatic heterocycles. The summed E-state index contributed by atoms with van der Waals surface area (Å²) in [4.78, 5) is 0. The second-order valence-electron chi connectivity index (χ2n) is 4.05. The zero-order chi connectivity index (χ0) is 10.6. The molecule has 0 aliphatic rings. The third-order valence-electron chi connectivity index (χ3n) is 2.78. The maximum absolute atomic E-state index is 6.18. The van der Waals surface area contributed by atoms with Crippen LogP contribution >= 0.6 is 0 Å². The van der Waals surface area contributed by atoms with Crippen molar-refractivity contribution in [2.75, 3.05) is 0 Å². The summed E-state index contributed by atoms with van der Waals surface area (Å²) < 4.78 is 0. The van der Waals surface area contributed by atoms with Gasteiger partial charge in [0, 0.05) is 6.04 Å². The van der Waals surface area contributed by atoms with E-state index in [4.69, 9.17) is 5.73 Å². The van der Waals surface area contributed by atoms with Gasteiger partial charge in [-0.05, 0) is 37.0 Å². The van der Waals surface area contributed by atoms with Gasteiger partial charge >= 0.3 is 0 Å². The zero-order valence-corrected chi connectivity index (χ0v) is 9.51. The molecule has 1 nitrogen and oxygen atoms in total. The molecule has 0 aliphatic carbocycles. The molecule has 1 atom stereocenters. The van der Waals surface area contributed by atoms with Gasteiger partial charge in [-0.3, -0.25) is 0 Å². The van der Waals surface area contributed by atoms with E-state index in [0.29, 0.717) is 0 Å². The number of hydrogen-bond donors (Lipinski definition) is 1. The number of hydrogen-bond acceptors (Lipinski definition) is 1. The van der Waals surface area contributed by atoms with Crippen LogP contribution in [0.5, 0.6) is 0 Å². The lowest BCUT2D eigenvalue weighted by Crippen LogP contribution is -2.13. The lowest BCUT2D eigenvalue weighted by Gasteiger charge is -2.17. The number of aryl methyl sites for hydroxylation is 2. The Morgan fingerprint density at radius 2 is 1.79 bits per heavy atom. The average Bonchev–Trinajstić information content (AvgIpc) is 2.14. The van der Waals surface area contributed by atoms with E-state index in [9.17, 15) is 0 Å². The van der Waals surface area contributed by atoms with Crippen LogP contribution in [0, 0.1) is 13.8 Å². The molecule has 1 aromatic rings. The molecular formula is C13H21N. The van der Waals surface area contributed by atoms with Crippen LogP contribution in [-0.2, 0) is 0 Å². The molecule has 0 unspecified atom stereocenters. The quantitative estimate of drug-likeness (QED) is 0.774. The van der Waals surface area contributed by atoms with Crippen LogP contribution in [-0.4, -0.2) is 0 Å². The van der Waals surface area contributed by atoms with Crippen LogP contribution in [0.2, 0.25) is 0 Å². The van der Waals surface area contributed by atoms with E-state index in [-0.39, 0.29) is 6.04 Å². The monoisotopic (exact) mass is 191 g/mol. The van der Waals surface area contributed by atoms with Crippen molar-refractivity contribution in [1.82, 2.24) is 0 Å². The Kier molecular flexibility index (Phi) is 4.15. The SMILES string of the molecule is CCCC[C@H](N)c1c(C)cccc1C. The largest absolute Gasteiger partial charge is 0.324 e. The van der Waals surface area contributed by atoms with Crippen molar-refractivity contribution in [3.63, 3.8) is 0 Å². The van der Waals surface area contributed by atoms with E-state index in [1.807, 2.05) is 0 Å². The molecule has 1 rings (SSSR count). The summed E-state index contributed by atoms with van der Waals surface area (Å²) in [6.45, 7) is 6.50. The Balaban J connectivity index is 2.82. The summed E-state index contributed by atoms with van der Waals surface area (Å²) in [7, 11) is 0. The second kappa shape index (κ2) is 5.16.